The van der Waals surface area contributed by atoms with Gasteiger partial charge in [-0.25, -0.2) is 0 Å². The first-order valence-corrected chi connectivity index (χ1v) is 6.04. The fourth-order valence-corrected chi connectivity index (χ4v) is 2.49. The number of carbonyl (C=O) groups is 1. The minimum Gasteiger partial charge on any atom is -0.395 e. The molecule has 0 aromatic carbocycles. The Labute approximate surface area is 97.2 Å². The lowest BCUT2D eigenvalue weighted by atomic mass is 9.82. The van der Waals surface area contributed by atoms with E-state index in [0.29, 0.717) is 12.0 Å². The van der Waals surface area contributed by atoms with Crippen LogP contribution in [0.25, 0.3) is 0 Å². The summed E-state index contributed by atoms with van der Waals surface area (Å²) in [4.78, 5) is 11.8. The average Bonchev–Trinajstić information content (AvgIpc) is 2.42. The largest absolute Gasteiger partial charge is 0.395 e. The molecule has 0 spiro atoms. The van der Waals surface area contributed by atoms with Gasteiger partial charge in [0.05, 0.1) is 18.1 Å². The van der Waals surface area contributed by atoms with Crippen LogP contribution in [0.4, 0.5) is 0 Å². The van der Waals surface area contributed by atoms with E-state index in [1.54, 1.807) is 13.8 Å². The lowest BCUT2D eigenvalue weighted by Gasteiger charge is -2.30. The molecule has 3 nitrogen and oxygen atoms in total. The zero-order valence-corrected chi connectivity index (χ0v) is 10.4. The van der Waals surface area contributed by atoms with Gasteiger partial charge >= 0.3 is 0 Å². The van der Waals surface area contributed by atoms with Crippen LogP contribution < -0.4 is 0 Å². The summed E-state index contributed by atoms with van der Waals surface area (Å²) in [6.45, 7) is 5.37. The minimum absolute atomic E-state index is 0.0981. The fourth-order valence-electron chi connectivity index (χ4n) is 2.49. The van der Waals surface area contributed by atoms with Crippen molar-refractivity contribution < 1.29 is 15.0 Å². The van der Waals surface area contributed by atoms with Crippen LogP contribution in [0.5, 0.6) is 0 Å². The number of hydrogen-bond donors (Lipinski definition) is 2. The molecule has 1 aliphatic rings. The molecule has 1 rings (SSSR count). The highest BCUT2D eigenvalue weighted by Gasteiger charge is 2.48. The number of aliphatic hydroxyl groups is 2. The second-order valence-corrected chi connectivity index (χ2v) is 4.73. The first-order valence-electron chi connectivity index (χ1n) is 6.04. The molecule has 0 fully saturated rings. The highest BCUT2D eigenvalue weighted by atomic mass is 16.3. The Kier molecular flexibility index (Phi) is 4.28. The van der Waals surface area contributed by atoms with Crippen molar-refractivity contribution in [3.05, 3.63) is 11.1 Å². The van der Waals surface area contributed by atoms with E-state index in [4.69, 9.17) is 0 Å². The average molecular weight is 226 g/mol. The fraction of sp³-hybridized carbons (Fsp3) is 0.769. The normalized spacial score (nSPS) is 30.3. The van der Waals surface area contributed by atoms with E-state index in [1.165, 1.54) is 0 Å². The quantitative estimate of drug-likeness (QED) is 0.703. The molecule has 0 aliphatic heterocycles. The number of carbonyl (C=O) groups excluding carboxylic acids is 1. The zero-order chi connectivity index (χ0) is 12.3. The summed E-state index contributed by atoms with van der Waals surface area (Å²) >= 11 is 0. The summed E-state index contributed by atoms with van der Waals surface area (Å²) < 4.78 is 0. The van der Waals surface area contributed by atoms with Gasteiger partial charge in [0.1, 0.15) is 0 Å². The summed E-state index contributed by atoms with van der Waals surface area (Å²) in [5.74, 6) is -0.747. The van der Waals surface area contributed by atoms with Crippen molar-refractivity contribution in [2.75, 3.05) is 6.61 Å². The van der Waals surface area contributed by atoms with Crippen molar-refractivity contribution in [1.29, 1.82) is 0 Å². The summed E-state index contributed by atoms with van der Waals surface area (Å²) in [7, 11) is 0. The lowest BCUT2D eigenvalue weighted by molar-refractivity contribution is -0.126. The van der Waals surface area contributed by atoms with Crippen LogP contribution in [0, 0.1) is 5.92 Å². The number of rotatable bonds is 5. The van der Waals surface area contributed by atoms with Gasteiger partial charge in [0, 0.05) is 0 Å². The smallest absolute Gasteiger partial charge is 0.167 e. The highest BCUT2D eigenvalue weighted by molar-refractivity contribution is 6.02. The molecule has 0 amide bonds. The van der Waals surface area contributed by atoms with E-state index < -0.39 is 11.5 Å². The van der Waals surface area contributed by atoms with Gasteiger partial charge in [0.2, 0.25) is 0 Å². The molecule has 16 heavy (non-hydrogen) atoms. The minimum atomic E-state index is -1.11. The van der Waals surface area contributed by atoms with Gasteiger partial charge in [-0.2, -0.15) is 0 Å². The van der Waals surface area contributed by atoms with Gasteiger partial charge in [0.25, 0.3) is 0 Å². The Bertz CT molecular complexity index is 306. The molecule has 0 aromatic rings. The second-order valence-electron chi connectivity index (χ2n) is 4.73. The lowest BCUT2D eigenvalue weighted by Crippen LogP contribution is -2.40. The molecule has 92 valence electrons. The first kappa shape index (κ1) is 13.4. The zero-order valence-electron chi connectivity index (χ0n) is 10.4. The molecule has 1 aliphatic carbocycles. The predicted molar refractivity (Wildman–Crippen MR) is 63.0 cm³/mol. The molecule has 0 bridgehead atoms. The molecule has 2 N–H and O–H groups in total. The standard InChI is InChI=1S/C13H22O3/c1-4-5-6-7-13(16)10(3)9(2)12(15)11(13)8-14/h11,14,16H,4-8H2,1-3H3/t11-,13-/m1/s1. The van der Waals surface area contributed by atoms with E-state index in [9.17, 15) is 15.0 Å². The van der Waals surface area contributed by atoms with Crippen LogP contribution in [0.1, 0.15) is 46.5 Å². The number of Topliss-reactive ketones (excluding diaryl/α,β-unsaturated/α-hetero) is 1. The SMILES string of the molecule is CCCCC[C@@]1(O)C(C)=C(C)C(=O)[C@H]1CO. The van der Waals surface area contributed by atoms with Crippen molar-refractivity contribution in [2.45, 2.75) is 52.1 Å². The van der Waals surface area contributed by atoms with Gasteiger partial charge in [-0.15, -0.1) is 0 Å². The molecule has 0 saturated carbocycles. The van der Waals surface area contributed by atoms with Crippen LogP contribution in [0.2, 0.25) is 0 Å². The van der Waals surface area contributed by atoms with Crippen LogP contribution in [0.15, 0.2) is 11.1 Å². The maximum Gasteiger partial charge on any atom is 0.167 e. The monoisotopic (exact) mass is 226 g/mol. The molecule has 0 radical (unpaired) electrons. The molecule has 0 unspecified atom stereocenters. The van der Waals surface area contributed by atoms with Crippen LogP contribution >= 0.6 is 0 Å². The topological polar surface area (TPSA) is 57.5 Å². The maximum atomic E-state index is 11.8. The number of ketones is 1. The molecular weight excluding hydrogens is 204 g/mol. The maximum absolute atomic E-state index is 11.8. The summed E-state index contributed by atoms with van der Waals surface area (Å²) in [5, 5.41) is 19.8. The third-order valence-corrected chi connectivity index (χ3v) is 3.82. The van der Waals surface area contributed by atoms with Gasteiger partial charge in [-0.05, 0) is 31.4 Å². The van der Waals surface area contributed by atoms with E-state index >= 15 is 0 Å². The van der Waals surface area contributed by atoms with E-state index in [0.717, 1.165) is 24.8 Å². The second kappa shape index (κ2) is 5.11. The molecule has 0 saturated heterocycles. The third kappa shape index (κ3) is 2.06. The van der Waals surface area contributed by atoms with Gasteiger partial charge in [-0.3, -0.25) is 4.79 Å². The molecule has 3 heteroatoms. The van der Waals surface area contributed by atoms with Crippen molar-refractivity contribution in [2.24, 2.45) is 5.92 Å². The highest BCUT2D eigenvalue weighted by Crippen LogP contribution is 2.41. The van der Waals surface area contributed by atoms with Crippen LogP contribution in [0.3, 0.4) is 0 Å². The third-order valence-electron chi connectivity index (χ3n) is 3.82. The molecule has 0 heterocycles. The van der Waals surface area contributed by atoms with Crippen LogP contribution in [-0.2, 0) is 4.79 Å². The predicted octanol–water partition coefficient (Wildman–Crippen LogP) is 1.83. The Morgan fingerprint density at radius 2 is 1.94 bits per heavy atom. The van der Waals surface area contributed by atoms with E-state index in [2.05, 4.69) is 6.92 Å². The number of allylic oxidation sites excluding steroid dienone is 1. The summed E-state index contributed by atoms with van der Waals surface area (Å²) in [6.07, 6.45) is 3.58. The van der Waals surface area contributed by atoms with Gasteiger partial charge in [-0.1, -0.05) is 26.2 Å². The Morgan fingerprint density at radius 1 is 1.31 bits per heavy atom. The Balaban J connectivity index is 2.86. The van der Waals surface area contributed by atoms with E-state index in [-0.39, 0.29) is 12.4 Å². The van der Waals surface area contributed by atoms with Gasteiger partial charge < -0.3 is 10.2 Å². The van der Waals surface area contributed by atoms with E-state index in [1.807, 2.05) is 0 Å². The number of hydrogen-bond acceptors (Lipinski definition) is 3. The Hall–Kier alpha value is -0.670. The van der Waals surface area contributed by atoms with Crippen molar-refractivity contribution in [1.82, 2.24) is 0 Å². The number of aliphatic hydroxyl groups excluding tert-OH is 1. The summed E-state index contributed by atoms with van der Waals surface area (Å²) in [5.41, 5.74) is 0.260. The van der Waals surface area contributed by atoms with Crippen molar-refractivity contribution in [3.8, 4) is 0 Å². The Morgan fingerprint density at radius 3 is 2.44 bits per heavy atom. The molecule has 0 aromatic heterocycles. The van der Waals surface area contributed by atoms with Crippen LogP contribution in [-0.4, -0.2) is 28.2 Å². The first-order chi connectivity index (χ1) is 7.49. The van der Waals surface area contributed by atoms with Crippen molar-refractivity contribution in [3.63, 3.8) is 0 Å². The van der Waals surface area contributed by atoms with Crippen molar-refractivity contribution >= 4 is 5.78 Å². The molecule has 2 atom stereocenters. The van der Waals surface area contributed by atoms with Gasteiger partial charge in [0.15, 0.2) is 5.78 Å². The number of unbranched alkanes of at least 4 members (excludes halogenated alkanes) is 2. The molecular formula is C13H22O3. The summed E-state index contributed by atoms with van der Waals surface area (Å²) in [6, 6.07) is 0.